The maximum Gasteiger partial charge on any atom is 0.407 e. The number of carbonyl (C=O) groups is 2. The summed E-state index contributed by atoms with van der Waals surface area (Å²) in [4.78, 5) is 38.8. The summed E-state index contributed by atoms with van der Waals surface area (Å²) >= 11 is 12.4. The van der Waals surface area contributed by atoms with Gasteiger partial charge in [-0.1, -0.05) is 41.4 Å². The number of aromatic nitrogens is 2. The lowest BCUT2D eigenvalue weighted by Gasteiger charge is -2.37. The standard InChI is InChI=1S/C27H31Cl2N5O3/c1-27(2,3)37-26(36)30-11-10-19(18-8-9-21(28)22(29)16-18)25(35)34-14-12-33(13-15-34)24-20-6-4-5-7-23(20)31-17-32-24/h4-9,16-17,19H,10-15H2,1-3H3,(H,30,36). The Morgan fingerprint density at radius 1 is 1.03 bits per heavy atom. The molecule has 0 saturated carbocycles. The van der Waals surface area contributed by atoms with E-state index in [0.29, 0.717) is 42.6 Å². The topological polar surface area (TPSA) is 87.7 Å². The van der Waals surface area contributed by atoms with Crippen molar-refractivity contribution in [3.8, 4) is 0 Å². The number of carbonyl (C=O) groups excluding carboxylic acids is 2. The van der Waals surface area contributed by atoms with Crippen molar-refractivity contribution in [2.75, 3.05) is 37.6 Å². The van der Waals surface area contributed by atoms with Crippen molar-refractivity contribution in [2.24, 2.45) is 0 Å². The van der Waals surface area contributed by atoms with Gasteiger partial charge in [-0.3, -0.25) is 4.79 Å². The van der Waals surface area contributed by atoms with Gasteiger partial charge in [0.1, 0.15) is 17.7 Å². The Labute approximate surface area is 226 Å². The quantitative estimate of drug-likeness (QED) is 0.454. The van der Waals surface area contributed by atoms with Gasteiger partial charge in [0.25, 0.3) is 0 Å². The lowest BCUT2D eigenvalue weighted by Crippen LogP contribution is -2.50. The van der Waals surface area contributed by atoms with Gasteiger partial charge in [-0.05, 0) is 57.0 Å². The summed E-state index contributed by atoms with van der Waals surface area (Å²) in [5, 5.41) is 4.56. The smallest absolute Gasteiger partial charge is 0.407 e. The minimum Gasteiger partial charge on any atom is -0.444 e. The van der Waals surface area contributed by atoms with E-state index in [0.717, 1.165) is 22.3 Å². The molecule has 1 saturated heterocycles. The Morgan fingerprint density at radius 3 is 2.46 bits per heavy atom. The molecule has 2 heterocycles. The van der Waals surface area contributed by atoms with Crippen LogP contribution in [0.15, 0.2) is 48.8 Å². The van der Waals surface area contributed by atoms with Crippen LogP contribution in [-0.2, 0) is 9.53 Å². The number of hydrogen-bond acceptors (Lipinski definition) is 6. The van der Waals surface area contributed by atoms with E-state index in [9.17, 15) is 9.59 Å². The molecular formula is C27H31Cl2N5O3. The molecule has 0 radical (unpaired) electrons. The third-order valence-corrected chi connectivity index (χ3v) is 6.90. The lowest BCUT2D eigenvalue weighted by atomic mass is 9.93. The van der Waals surface area contributed by atoms with Gasteiger partial charge in [-0.2, -0.15) is 0 Å². The molecule has 0 aliphatic carbocycles. The zero-order valence-corrected chi connectivity index (χ0v) is 22.7. The van der Waals surface area contributed by atoms with Crippen molar-refractivity contribution in [3.05, 3.63) is 64.4 Å². The maximum atomic E-state index is 13.7. The first-order valence-electron chi connectivity index (χ1n) is 12.3. The molecule has 10 heteroatoms. The average molecular weight is 544 g/mol. The molecule has 37 heavy (non-hydrogen) atoms. The molecule has 0 spiro atoms. The van der Waals surface area contributed by atoms with E-state index in [-0.39, 0.29) is 12.5 Å². The number of benzene rings is 2. The van der Waals surface area contributed by atoms with Crippen LogP contribution in [-0.4, -0.2) is 65.2 Å². The molecule has 1 atom stereocenters. The highest BCUT2D eigenvalue weighted by atomic mass is 35.5. The SMILES string of the molecule is CC(C)(C)OC(=O)NCCC(C(=O)N1CCN(c2ncnc3ccccc23)CC1)c1ccc(Cl)c(Cl)c1. The number of alkyl carbamates (subject to hydrolysis) is 1. The number of para-hydroxylation sites is 1. The molecule has 1 unspecified atom stereocenters. The Balaban J connectivity index is 1.45. The fraction of sp³-hybridized carbons (Fsp3) is 0.407. The molecule has 1 N–H and O–H groups in total. The number of nitrogens with zero attached hydrogens (tertiary/aromatic N) is 4. The maximum absolute atomic E-state index is 13.7. The van der Waals surface area contributed by atoms with Gasteiger partial charge in [0.05, 0.1) is 21.5 Å². The van der Waals surface area contributed by atoms with Crippen LogP contribution in [0.5, 0.6) is 0 Å². The fourth-order valence-electron chi connectivity index (χ4n) is 4.40. The second kappa shape index (κ2) is 11.5. The molecule has 1 fully saturated rings. The van der Waals surface area contributed by atoms with Crippen LogP contribution >= 0.6 is 23.2 Å². The molecule has 8 nitrogen and oxygen atoms in total. The number of amides is 2. The van der Waals surface area contributed by atoms with Gasteiger partial charge in [-0.15, -0.1) is 0 Å². The molecular weight excluding hydrogens is 513 g/mol. The van der Waals surface area contributed by atoms with E-state index in [2.05, 4.69) is 20.2 Å². The lowest BCUT2D eigenvalue weighted by molar-refractivity contribution is -0.133. The van der Waals surface area contributed by atoms with Crippen LogP contribution in [0.25, 0.3) is 10.9 Å². The third-order valence-electron chi connectivity index (χ3n) is 6.16. The number of halogens is 2. The Hall–Kier alpha value is -3.10. The van der Waals surface area contributed by atoms with Gasteiger partial charge >= 0.3 is 6.09 Å². The largest absolute Gasteiger partial charge is 0.444 e. The van der Waals surface area contributed by atoms with Crippen molar-refractivity contribution in [1.82, 2.24) is 20.2 Å². The minimum absolute atomic E-state index is 0.0171. The van der Waals surface area contributed by atoms with Crippen molar-refractivity contribution < 1.29 is 14.3 Å². The van der Waals surface area contributed by atoms with Crippen molar-refractivity contribution in [1.29, 1.82) is 0 Å². The number of hydrogen-bond donors (Lipinski definition) is 1. The zero-order valence-electron chi connectivity index (χ0n) is 21.2. The number of rotatable bonds is 6. The van der Waals surface area contributed by atoms with Crippen LogP contribution in [0, 0.1) is 0 Å². The van der Waals surface area contributed by atoms with Crippen LogP contribution < -0.4 is 10.2 Å². The number of nitrogens with one attached hydrogen (secondary N) is 1. The van der Waals surface area contributed by atoms with Crippen LogP contribution in [0.2, 0.25) is 10.0 Å². The summed E-state index contributed by atoms with van der Waals surface area (Å²) in [6.45, 7) is 8.09. The van der Waals surface area contributed by atoms with Crippen molar-refractivity contribution >= 4 is 51.9 Å². The minimum atomic E-state index is -0.600. The average Bonchev–Trinajstić information content (AvgIpc) is 2.87. The van der Waals surface area contributed by atoms with Gasteiger partial charge in [0, 0.05) is 38.1 Å². The number of ether oxygens (including phenoxy) is 1. The first-order chi connectivity index (χ1) is 17.6. The molecule has 1 aliphatic heterocycles. The highest BCUT2D eigenvalue weighted by molar-refractivity contribution is 6.42. The number of fused-ring (bicyclic) bond motifs is 1. The second-order valence-electron chi connectivity index (χ2n) is 9.97. The third kappa shape index (κ3) is 6.81. The van der Waals surface area contributed by atoms with E-state index < -0.39 is 17.6 Å². The zero-order chi connectivity index (χ0) is 26.6. The van der Waals surface area contributed by atoms with Gasteiger partial charge in [0.15, 0.2) is 0 Å². The summed E-state index contributed by atoms with van der Waals surface area (Å²) in [7, 11) is 0. The molecule has 196 valence electrons. The van der Waals surface area contributed by atoms with Crippen molar-refractivity contribution in [2.45, 2.75) is 38.7 Å². The predicted molar refractivity (Wildman–Crippen MR) is 146 cm³/mol. The number of piperazine rings is 1. The molecule has 1 aromatic heterocycles. The van der Waals surface area contributed by atoms with Gasteiger partial charge < -0.3 is 19.9 Å². The fourth-order valence-corrected chi connectivity index (χ4v) is 4.70. The molecule has 0 bridgehead atoms. The highest BCUT2D eigenvalue weighted by Crippen LogP contribution is 2.30. The van der Waals surface area contributed by atoms with E-state index in [1.165, 1.54) is 0 Å². The first kappa shape index (κ1) is 26.9. The molecule has 3 aromatic rings. The van der Waals surface area contributed by atoms with E-state index in [4.69, 9.17) is 27.9 Å². The van der Waals surface area contributed by atoms with E-state index in [1.54, 1.807) is 39.2 Å². The normalized spacial score (nSPS) is 14.9. The van der Waals surface area contributed by atoms with Crippen molar-refractivity contribution in [3.63, 3.8) is 0 Å². The molecule has 1 aliphatic rings. The summed E-state index contributed by atoms with van der Waals surface area (Å²) in [5.41, 5.74) is 1.05. The highest BCUT2D eigenvalue weighted by Gasteiger charge is 2.30. The van der Waals surface area contributed by atoms with Crippen LogP contribution in [0.4, 0.5) is 10.6 Å². The summed E-state index contributed by atoms with van der Waals surface area (Å²) in [5.74, 6) is 0.369. The Bertz CT molecular complexity index is 1270. The second-order valence-corrected chi connectivity index (χ2v) is 10.8. The Morgan fingerprint density at radius 2 is 1.76 bits per heavy atom. The van der Waals surface area contributed by atoms with E-state index >= 15 is 0 Å². The summed E-state index contributed by atoms with van der Waals surface area (Å²) in [6.07, 6.45) is 1.46. The molecule has 2 aromatic carbocycles. The van der Waals surface area contributed by atoms with Crippen LogP contribution in [0.1, 0.15) is 38.7 Å². The van der Waals surface area contributed by atoms with Crippen LogP contribution in [0.3, 0.4) is 0 Å². The van der Waals surface area contributed by atoms with Gasteiger partial charge in [-0.25, -0.2) is 14.8 Å². The molecule has 4 rings (SSSR count). The number of anilines is 1. The van der Waals surface area contributed by atoms with Gasteiger partial charge in [0.2, 0.25) is 5.91 Å². The summed E-state index contributed by atoms with van der Waals surface area (Å²) < 4.78 is 5.32. The Kier molecular flexibility index (Phi) is 8.39. The monoisotopic (exact) mass is 543 g/mol. The molecule has 2 amide bonds. The predicted octanol–water partition coefficient (Wildman–Crippen LogP) is 5.28. The summed E-state index contributed by atoms with van der Waals surface area (Å²) in [6, 6.07) is 13.1. The van der Waals surface area contributed by atoms with E-state index in [1.807, 2.05) is 35.2 Å². The first-order valence-corrected chi connectivity index (χ1v) is 13.0.